The molecule has 0 spiro atoms. The molecule has 1 heterocycles. The number of fused-ring (bicyclic) bond motifs is 1. The maximum atomic E-state index is 12.3. The molecule has 106 valence electrons. The number of rotatable bonds is 3. The molecule has 2 aromatic carbocycles. The molecule has 2 aromatic rings. The van der Waals surface area contributed by atoms with E-state index in [9.17, 15) is 4.79 Å². The van der Waals surface area contributed by atoms with Gasteiger partial charge in [0.2, 0.25) is 5.78 Å². The lowest BCUT2D eigenvalue weighted by atomic mass is 10.1. The summed E-state index contributed by atoms with van der Waals surface area (Å²) in [6.45, 7) is 0. The number of hydrogen-bond acceptors (Lipinski definition) is 4. The third kappa shape index (κ3) is 2.36. The number of hydrogen-bond donors (Lipinski definition) is 0. The van der Waals surface area contributed by atoms with Gasteiger partial charge in [0.15, 0.2) is 5.76 Å². The van der Waals surface area contributed by atoms with E-state index >= 15 is 0 Å². The van der Waals surface area contributed by atoms with E-state index in [1.165, 1.54) is 0 Å². The fourth-order valence-electron chi connectivity index (χ4n) is 2.21. The van der Waals surface area contributed by atoms with Crippen LogP contribution in [0.15, 0.2) is 48.2 Å². The number of carbonyl (C=O) groups excluding carboxylic acids is 1. The Morgan fingerprint density at radius 1 is 1.05 bits per heavy atom. The van der Waals surface area contributed by atoms with E-state index in [1.807, 2.05) is 24.3 Å². The highest BCUT2D eigenvalue weighted by Crippen LogP contribution is 2.33. The van der Waals surface area contributed by atoms with Crippen LogP contribution in [0.2, 0.25) is 0 Å². The smallest absolute Gasteiger partial charge is 0.231 e. The second kappa shape index (κ2) is 5.32. The van der Waals surface area contributed by atoms with Crippen LogP contribution in [-0.2, 0) is 0 Å². The second-order valence-corrected chi connectivity index (χ2v) is 4.54. The van der Waals surface area contributed by atoms with Crippen LogP contribution in [0.1, 0.15) is 15.9 Å². The standard InChI is InChI=1S/C17H14O4/c1-19-12-8-7-11(15(10-12)20-2)9-16-17(18)13-5-3-4-6-14(13)21-16/h3-10H,1-2H3/b16-9-. The minimum Gasteiger partial charge on any atom is -0.497 e. The Labute approximate surface area is 122 Å². The molecule has 1 aliphatic heterocycles. The number of ketones is 1. The van der Waals surface area contributed by atoms with Gasteiger partial charge in [0.1, 0.15) is 17.2 Å². The maximum Gasteiger partial charge on any atom is 0.231 e. The number of ether oxygens (including phenoxy) is 3. The maximum absolute atomic E-state index is 12.3. The van der Waals surface area contributed by atoms with Gasteiger partial charge in [-0.25, -0.2) is 0 Å². The first-order valence-corrected chi connectivity index (χ1v) is 6.48. The van der Waals surface area contributed by atoms with Crippen LogP contribution in [0, 0.1) is 0 Å². The average molecular weight is 282 g/mol. The van der Waals surface area contributed by atoms with E-state index in [0.717, 1.165) is 5.56 Å². The average Bonchev–Trinajstić information content (AvgIpc) is 2.84. The molecule has 0 amide bonds. The van der Waals surface area contributed by atoms with Crippen molar-refractivity contribution in [3.05, 3.63) is 59.4 Å². The normalized spacial score (nSPS) is 14.8. The zero-order valence-corrected chi connectivity index (χ0v) is 11.8. The van der Waals surface area contributed by atoms with Gasteiger partial charge in [-0.2, -0.15) is 0 Å². The Hall–Kier alpha value is -2.75. The largest absolute Gasteiger partial charge is 0.497 e. The Balaban J connectivity index is 1.99. The molecule has 21 heavy (non-hydrogen) atoms. The molecule has 4 heteroatoms. The summed E-state index contributed by atoms with van der Waals surface area (Å²) in [7, 11) is 3.16. The van der Waals surface area contributed by atoms with Gasteiger partial charge < -0.3 is 14.2 Å². The Kier molecular flexibility index (Phi) is 3.36. The number of allylic oxidation sites excluding steroid dienone is 1. The summed E-state index contributed by atoms with van der Waals surface area (Å²) in [5.41, 5.74) is 1.34. The third-order valence-electron chi connectivity index (χ3n) is 3.30. The van der Waals surface area contributed by atoms with Crippen LogP contribution >= 0.6 is 0 Å². The van der Waals surface area contributed by atoms with Crippen molar-refractivity contribution in [1.82, 2.24) is 0 Å². The zero-order chi connectivity index (χ0) is 14.8. The first-order valence-electron chi connectivity index (χ1n) is 6.48. The molecule has 3 rings (SSSR count). The van der Waals surface area contributed by atoms with Crippen molar-refractivity contribution in [1.29, 1.82) is 0 Å². The zero-order valence-electron chi connectivity index (χ0n) is 11.8. The van der Waals surface area contributed by atoms with Gasteiger partial charge in [-0.1, -0.05) is 12.1 Å². The quantitative estimate of drug-likeness (QED) is 0.810. The lowest BCUT2D eigenvalue weighted by molar-refractivity contribution is 0.101. The van der Waals surface area contributed by atoms with Crippen LogP contribution in [0.5, 0.6) is 17.2 Å². The van der Waals surface area contributed by atoms with Crippen LogP contribution in [0.4, 0.5) is 0 Å². The molecule has 0 radical (unpaired) electrons. The monoisotopic (exact) mass is 282 g/mol. The van der Waals surface area contributed by atoms with Gasteiger partial charge in [0, 0.05) is 11.6 Å². The number of para-hydroxylation sites is 1. The van der Waals surface area contributed by atoms with Crippen molar-refractivity contribution < 1.29 is 19.0 Å². The van der Waals surface area contributed by atoms with Crippen LogP contribution < -0.4 is 14.2 Å². The SMILES string of the molecule is COc1ccc(/C=C2\Oc3ccccc3C2=O)c(OC)c1. The number of methoxy groups -OCH3 is 2. The summed E-state index contributed by atoms with van der Waals surface area (Å²) in [4.78, 5) is 12.3. The van der Waals surface area contributed by atoms with Crippen molar-refractivity contribution in [2.24, 2.45) is 0 Å². The highest BCUT2D eigenvalue weighted by molar-refractivity contribution is 6.14. The van der Waals surface area contributed by atoms with E-state index in [0.29, 0.717) is 28.6 Å². The predicted molar refractivity (Wildman–Crippen MR) is 78.9 cm³/mol. The minimum absolute atomic E-state index is 0.122. The molecule has 0 unspecified atom stereocenters. The summed E-state index contributed by atoms with van der Waals surface area (Å²) >= 11 is 0. The fraction of sp³-hybridized carbons (Fsp3) is 0.118. The summed E-state index contributed by atoms with van der Waals surface area (Å²) in [5, 5.41) is 0. The lowest BCUT2D eigenvalue weighted by Crippen LogP contribution is -1.99. The molecule has 0 bridgehead atoms. The fourth-order valence-corrected chi connectivity index (χ4v) is 2.21. The third-order valence-corrected chi connectivity index (χ3v) is 3.30. The van der Waals surface area contributed by atoms with Gasteiger partial charge in [0.05, 0.1) is 19.8 Å². The molecule has 0 saturated heterocycles. The van der Waals surface area contributed by atoms with E-state index in [-0.39, 0.29) is 5.78 Å². The van der Waals surface area contributed by atoms with Crippen molar-refractivity contribution in [2.75, 3.05) is 14.2 Å². The highest BCUT2D eigenvalue weighted by Gasteiger charge is 2.26. The second-order valence-electron chi connectivity index (χ2n) is 4.54. The van der Waals surface area contributed by atoms with Crippen molar-refractivity contribution in [3.8, 4) is 17.2 Å². The molecule has 0 saturated carbocycles. The lowest BCUT2D eigenvalue weighted by Gasteiger charge is -2.07. The van der Waals surface area contributed by atoms with Gasteiger partial charge >= 0.3 is 0 Å². The van der Waals surface area contributed by atoms with Gasteiger partial charge in [-0.05, 0) is 30.3 Å². The molecule has 1 aliphatic rings. The Morgan fingerprint density at radius 2 is 1.86 bits per heavy atom. The predicted octanol–water partition coefficient (Wildman–Crippen LogP) is 3.32. The number of Topliss-reactive ketones (excluding diaryl/α,β-unsaturated/α-hetero) is 1. The minimum atomic E-state index is -0.122. The summed E-state index contributed by atoms with van der Waals surface area (Å²) in [6.07, 6.45) is 1.68. The van der Waals surface area contributed by atoms with E-state index in [4.69, 9.17) is 14.2 Å². The van der Waals surface area contributed by atoms with E-state index in [2.05, 4.69) is 0 Å². The molecule has 0 fully saturated rings. The Morgan fingerprint density at radius 3 is 2.57 bits per heavy atom. The van der Waals surface area contributed by atoms with Crippen LogP contribution in [0.3, 0.4) is 0 Å². The molecule has 0 atom stereocenters. The van der Waals surface area contributed by atoms with E-state index < -0.39 is 0 Å². The van der Waals surface area contributed by atoms with Crippen molar-refractivity contribution in [2.45, 2.75) is 0 Å². The van der Waals surface area contributed by atoms with E-state index in [1.54, 1.807) is 38.5 Å². The molecule has 4 nitrogen and oxygen atoms in total. The van der Waals surface area contributed by atoms with Crippen molar-refractivity contribution in [3.63, 3.8) is 0 Å². The van der Waals surface area contributed by atoms with Gasteiger partial charge in [0.25, 0.3) is 0 Å². The molecular formula is C17H14O4. The summed E-state index contributed by atoms with van der Waals surface area (Å²) < 4.78 is 16.1. The van der Waals surface area contributed by atoms with Gasteiger partial charge in [-0.3, -0.25) is 4.79 Å². The first-order chi connectivity index (χ1) is 10.2. The summed E-state index contributed by atoms with van der Waals surface area (Å²) in [6, 6.07) is 12.6. The Bertz CT molecular complexity index is 731. The molecule has 0 aliphatic carbocycles. The number of benzene rings is 2. The number of carbonyl (C=O) groups is 1. The molecular weight excluding hydrogens is 268 g/mol. The van der Waals surface area contributed by atoms with Crippen LogP contribution in [0.25, 0.3) is 6.08 Å². The topological polar surface area (TPSA) is 44.8 Å². The van der Waals surface area contributed by atoms with Crippen LogP contribution in [-0.4, -0.2) is 20.0 Å². The first kappa shape index (κ1) is 13.2. The molecule has 0 aromatic heterocycles. The molecule has 0 N–H and O–H groups in total. The van der Waals surface area contributed by atoms with Gasteiger partial charge in [-0.15, -0.1) is 0 Å². The van der Waals surface area contributed by atoms with Crippen molar-refractivity contribution >= 4 is 11.9 Å². The highest BCUT2D eigenvalue weighted by atomic mass is 16.5. The summed E-state index contributed by atoms with van der Waals surface area (Å²) in [5.74, 6) is 2.06.